The highest BCUT2D eigenvalue weighted by Crippen LogP contribution is 1.96. The Labute approximate surface area is 47.5 Å². The minimum Gasteiger partial charge on any atom is -0.311 e. The molecule has 1 heterocycles. The second-order valence-electron chi connectivity index (χ2n) is 1.28. The van der Waals surface area contributed by atoms with E-state index in [-0.39, 0.29) is 0 Å². The van der Waals surface area contributed by atoms with E-state index in [4.69, 9.17) is 0 Å². The second kappa shape index (κ2) is 2.88. The van der Waals surface area contributed by atoms with Crippen molar-refractivity contribution < 1.29 is 5.32 Å². The number of hydrogen-bond acceptors (Lipinski definition) is 1. The van der Waals surface area contributed by atoms with Crippen LogP contribution in [0, 0.1) is 0 Å². The first-order valence-electron chi connectivity index (χ1n) is 2.27. The first-order valence-corrected chi connectivity index (χ1v) is 3.31. The molecule has 7 heavy (non-hydrogen) atoms. The molecule has 1 nitrogen and oxygen atoms in total. The van der Waals surface area contributed by atoms with Gasteiger partial charge in [0.25, 0.3) is 0 Å². The average molecular weight is 114 g/mol. The number of rotatable bonds is 0. The molecule has 0 amide bonds. The molecule has 0 aromatic carbocycles. The monoisotopic (exact) mass is 114 g/mol. The van der Waals surface area contributed by atoms with Crippen LogP contribution >= 0.6 is 11.8 Å². The molecule has 1 rings (SSSR count). The molecule has 2 N–H and O–H groups in total. The molecule has 0 aromatic rings. The highest BCUT2D eigenvalue weighted by Gasteiger charge is 1.83. The normalized spacial score (nSPS) is 19.4. The summed E-state index contributed by atoms with van der Waals surface area (Å²) >= 11 is 1.82. The number of nitrogens with two attached hydrogens (primary N) is 1. The average Bonchev–Trinajstić information content (AvgIpc) is 1.90. The molecule has 1 aliphatic rings. The van der Waals surface area contributed by atoms with Gasteiger partial charge >= 0.3 is 0 Å². The summed E-state index contributed by atoms with van der Waals surface area (Å²) in [6.45, 7) is 0. The molecule has 0 aliphatic carbocycles. The van der Waals surface area contributed by atoms with Crippen LogP contribution in [0.3, 0.4) is 0 Å². The lowest BCUT2D eigenvalue weighted by molar-refractivity contribution is -0.566. The highest BCUT2D eigenvalue weighted by molar-refractivity contribution is 8.01. The van der Waals surface area contributed by atoms with Gasteiger partial charge < -0.3 is 5.32 Å². The number of quaternary nitrogens is 1. The zero-order valence-corrected chi connectivity index (χ0v) is 4.82. The van der Waals surface area contributed by atoms with Gasteiger partial charge in [-0.2, -0.15) is 0 Å². The van der Waals surface area contributed by atoms with Gasteiger partial charge in [-0.25, -0.2) is 0 Å². The first-order chi connectivity index (χ1) is 3.50. The maximum Gasteiger partial charge on any atom is 0.130 e. The van der Waals surface area contributed by atoms with E-state index in [2.05, 4.69) is 16.9 Å². The fourth-order valence-electron chi connectivity index (χ4n) is 0.410. The Hall–Kier alpha value is -0.210. The van der Waals surface area contributed by atoms with E-state index in [1.54, 1.807) is 0 Å². The Balaban J connectivity index is 2.39. The van der Waals surface area contributed by atoms with Crippen molar-refractivity contribution in [1.29, 1.82) is 0 Å². The van der Waals surface area contributed by atoms with E-state index >= 15 is 0 Å². The fourth-order valence-corrected chi connectivity index (χ4v) is 0.945. The van der Waals surface area contributed by atoms with Crippen molar-refractivity contribution in [2.24, 2.45) is 0 Å². The summed E-state index contributed by atoms with van der Waals surface area (Å²) in [5.74, 6) is 1.12. The van der Waals surface area contributed by atoms with Gasteiger partial charge in [-0.15, -0.1) is 0 Å². The predicted molar refractivity (Wildman–Crippen MR) is 32.7 cm³/mol. The van der Waals surface area contributed by atoms with Crippen LogP contribution in [0.2, 0.25) is 0 Å². The van der Waals surface area contributed by atoms with Crippen LogP contribution in [0.4, 0.5) is 0 Å². The summed E-state index contributed by atoms with van der Waals surface area (Å²) in [4.78, 5) is 0. The summed E-state index contributed by atoms with van der Waals surface area (Å²) in [6, 6.07) is 0. The Bertz CT molecular complexity index is 84.3. The number of thioether (sulfide) groups is 1. The van der Waals surface area contributed by atoms with E-state index in [1.807, 2.05) is 23.9 Å². The topological polar surface area (TPSA) is 16.6 Å². The van der Waals surface area contributed by atoms with Crippen LogP contribution in [-0.2, 0) is 0 Å². The standard InChI is InChI=1S/C5H7NS/c1-2-4-7-5-6-3-1/h1-4,6H,5H2/p+1. The molecule has 0 radical (unpaired) electrons. The molecule has 0 saturated heterocycles. The molecule has 2 heteroatoms. The zero-order chi connectivity index (χ0) is 4.95. The number of allylic oxidation sites excluding steroid dienone is 2. The third kappa shape index (κ3) is 1.80. The van der Waals surface area contributed by atoms with E-state index in [9.17, 15) is 0 Å². The SMILES string of the molecule is C1=C[NH2+]CSC=C1. The van der Waals surface area contributed by atoms with Gasteiger partial charge in [-0.05, 0) is 11.5 Å². The smallest absolute Gasteiger partial charge is 0.130 e. The molecular formula is C5H8NS+. The van der Waals surface area contributed by atoms with Crippen LogP contribution in [-0.4, -0.2) is 5.88 Å². The Morgan fingerprint density at radius 1 is 1.43 bits per heavy atom. The molecule has 0 unspecified atom stereocenters. The summed E-state index contributed by atoms with van der Waals surface area (Å²) in [5.41, 5.74) is 0. The van der Waals surface area contributed by atoms with Gasteiger partial charge in [0, 0.05) is 0 Å². The molecule has 0 saturated carbocycles. The fraction of sp³-hybridized carbons (Fsp3) is 0.200. The molecule has 0 aromatic heterocycles. The van der Waals surface area contributed by atoms with Crippen molar-refractivity contribution in [3.05, 3.63) is 23.8 Å². The maximum absolute atomic E-state index is 2.14. The Kier molecular flexibility index (Phi) is 2.03. The molecule has 0 bridgehead atoms. The van der Waals surface area contributed by atoms with E-state index in [1.165, 1.54) is 0 Å². The van der Waals surface area contributed by atoms with Crippen LogP contribution in [0.1, 0.15) is 0 Å². The quantitative estimate of drug-likeness (QED) is 0.478. The molecule has 0 atom stereocenters. The summed E-state index contributed by atoms with van der Waals surface area (Å²) in [6.07, 6.45) is 6.16. The Morgan fingerprint density at radius 2 is 2.43 bits per heavy atom. The van der Waals surface area contributed by atoms with Gasteiger partial charge in [-0.3, -0.25) is 0 Å². The van der Waals surface area contributed by atoms with Gasteiger partial charge in [0.2, 0.25) is 0 Å². The van der Waals surface area contributed by atoms with Crippen molar-refractivity contribution in [3.63, 3.8) is 0 Å². The van der Waals surface area contributed by atoms with Crippen molar-refractivity contribution in [2.75, 3.05) is 5.88 Å². The minimum absolute atomic E-state index is 1.12. The minimum atomic E-state index is 1.12. The van der Waals surface area contributed by atoms with Crippen LogP contribution in [0.5, 0.6) is 0 Å². The zero-order valence-electron chi connectivity index (χ0n) is 4.00. The van der Waals surface area contributed by atoms with E-state index in [0.29, 0.717) is 0 Å². The summed E-state index contributed by atoms with van der Waals surface area (Å²) in [7, 11) is 0. The molecular weight excluding hydrogens is 106 g/mol. The highest BCUT2D eigenvalue weighted by atomic mass is 32.2. The van der Waals surface area contributed by atoms with Gasteiger partial charge in [-0.1, -0.05) is 17.8 Å². The lowest BCUT2D eigenvalue weighted by Crippen LogP contribution is -2.76. The van der Waals surface area contributed by atoms with Crippen LogP contribution in [0.25, 0.3) is 0 Å². The largest absolute Gasteiger partial charge is 0.311 e. The van der Waals surface area contributed by atoms with E-state index in [0.717, 1.165) is 5.88 Å². The van der Waals surface area contributed by atoms with Gasteiger partial charge in [0.05, 0.1) is 6.20 Å². The number of hydrogen-bond donors (Lipinski definition) is 1. The molecule has 38 valence electrons. The van der Waals surface area contributed by atoms with Crippen LogP contribution in [0.15, 0.2) is 23.8 Å². The van der Waals surface area contributed by atoms with E-state index < -0.39 is 0 Å². The molecule has 0 fully saturated rings. The third-order valence-corrected chi connectivity index (χ3v) is 1.46. The first kappa shape index (κ1) is 4.94. The van der Waals surface area contributed by atoms with Crippen molar-refractivity contribution in [3.8, 4) is 0 Å². The Morgan fingerprint density at radius 3 is 3.43 bits per heavy atom. The van der Waals surface area contributed by atoms with Crippen LogP contribution < -0.4 is 5.32 Å². The summed E-state index contributed by atoms with van der Waals surface area (Å²) < 4.78 is 0. The lowest BCUT2D eigenvalue weighted by atomic mass is 10.6. The predicted octanol–water partition coefficient (Wildman–Crippen LogP) is 0.281. The summed E-state index contributed by atoms with van der Waals surface area (Å²) in [5, 5.41) is 4.24. The molecule has 0 spiro atoms. The lowest BCUT2D eigenvalue weighted by Gasteiger charge is -1.82. The second-order valence-corrected chi connectivity index (χ2v) is 2.22. The van der Waals surface area contributed by atoms with Crippen molar-refractivity contribution >= 4 is 11.8 Å². The van der Waals surface area contributed by atoms with Crippen molar-refractivity contribution in [2.45, 2.75) is 0 Å². The van der Waals surface area contributed by atoms with Gasteiger partial charge in [0.1, 0.15) is 5.88 Å². The van der Waals surface area contributed by atoms with Crippen molar-refractivity contribution in [1.82, 2.24) is 0 Å². The molecule has 1 aliphatic heterocycles. The van der Waals surface area contributed by atoms with Gasteiger partial charge in [0.15, 0.2) is 0 Å². The maximum atomic E-state index is 2.14. The third-order valence-electron chi connectivity index (χ3n) is 0.726.